The lowest BCUT2D eigenvalue weighted by molar-refractivity contribution is 0.0788. The second-order valence-corrected chi connectivity index (χ2v) is 6.24. The molecule has 1 N–H and O–H groups in total. The van der Waals surface area contributed by atoms with Crippen molar-refractivity contribution in [2.75, 3.05) is 13.6 Å². The number of nitrogens with one attached hydrogen (secondary N) is 1. The Morgan fingerprint density at radius 3 is 2.44 bits per heavy atom. The highest BCUT2D eigenvalue weighted by atomic mass is 19.1. The van der Waals surface area contributed by atoms with Crippen molar-refractivity contribution in [3.05, 3.63) is 77.2 Å². The Hall–Kier alpha value is -3.09. The standard InChI is InChI=1S/C20H18F3N3O/c1-26(20(27)17-9-8-15(22)11-18(17)23)10-2-3-16-12-19(25-24-16)13-4-6-14(21)7-5-13/h4-9,11-12H,2-3,10H2,1H3,(H,24,25). The predicted octanol–water partition coefficient (Wildman–Crippen LogP) is 4.20. The van der Waals surface area contributed by atoms with Crippen LogP contribution >= 0.6 is 0 Å². The maximum absolute atomic E-state index is 13.7. The van der Waals surface area contributed by atoms with Gasteiger partial charge in [-0.3, -0.25) is 9.89 Å². The smallest absolute Gasteiger partial charge is 0.256 e. The van der Waals surface area contributed by atoms with Gasteiger partial charge in [-0.15, -0.1) is 0 Å². The molecular formula is C20H18F3N3O. The largest absolute Gasteiger partial charge is 0.342 e. The third-order valence-electron chi connectivity index (χ3n) is 4.22. The summed E-state index contributed by atoms with van der Waals surface area (Å²) in [6.07, 6.45) is 1.27. The summed E-state index contributed by atoms with van der Waals surface area (Å²) >= 11 is 0. The summed E-state index contributed by atoms with van der Waals surface area (Å²) in [6.45, 7) is 0.403. The number of hydrogen-bond donors (Lipinski definition) is 1. The van der Waals surface area contributed by atoms with Crippen LogP contribution < -0.4 is 0 Å². The topological polar surface area (TPSA) is 49.0 Å². The van der Waals surface area contributed by atoms with Crippen molar-refractivity contribution in [1.29, 1.82) is 0 Å². The van der Waals surface area contributed by atoms with Crippen LogP contribution in [0.1, 0.15) is 22.5 Å². The van der Waals surface area contributed by atoms with Gasteiger partial charge in [-0.2, -0.15) is 5.10 Å². The molecule has 0 aliphatic heterocycles. The molecule has 1 aromatic heterocycles. The molecule has 0 spiro atoms. The fraction of sp³-hybridized carbons (Fsp3) is 0.200. The Labute approximate surface area is 154 Å². The number of halogens is 3. The van der Waals surface area contributed by atoms with Crippen molar-refractivity contribution in [3.8, 4) is 11.3 Å². The molecule has 140 valence electrons. The third kappa shape index (κ3) is 4.55. The lowest BCUT2D eigenvalue weighted by atomic mass is 10.1. The quantitative estimate of drug-likeness (QED) is 0.704. The average molecular weight is 373 g/mol. The summed E-state index contributed by atoms with van der Waals surface area (Å²) in [4.78, 5) is 13.6. The minimum absolute atomic E-state index is 0.154. The number of nitrogens with zero attached hydrogens (tertiary/aromatic N) is 2. The maximum atomic E-state index is 13.7. The molecule has 0 atom stereocenters. The first kappa shape index (κ1) is 18.7. The van der Waals surface area contributed by atoms with Gasteiger partial charge in [-0.25, -0.2) is 13.2 Å². The number of amides is 1. The molecule has 0 unspecified atom stereocenters. The summed E-state index contributed by atoms with van der Waals surface area (Å²) in [7, 11) is 1.57. The van der Waals surface area contributed by atoms with Crippen LogP contribution in [0.2, 0.25) is 0 Å². The van der Waals surface area contributed by atoms with Gasteiger partial charge in [0.1, 0.15) is 17.5 Å². The molecule has 4 nitrogen and oxygen atoms in total. The third-order valence-corrected chi connectivity index (χ3v) is 4.22. The van der Waals surface area contributed by atoms with Crippen LogP contribution in [0.25, 0.3) is 11.3 Å². The summed E-state index contributed by atoms with van der Waals surface area (Å²) in [5, 5.41) is 7.12. The number of benzene rings is 2. The van der Waals surface area contributed by atoms with Crippen molar-refractivity contribution in [2.45, 2.75) is 12.8 Å². The lowest BCUT2D eigenvalue weighted by Crippen LogP contribution is -2.28. The fourth-order valence-corrected chi connectivity index (χ4v) is 2.73. The number of carbonyl (C=O) groups is 1. The van der Waals surface area contributed by atoms with Gasteiger partial charge >= 0.3 is 0 Å². The Balaban J connectivity index is 1.55. The van der Waals surface area contributed by atoms with E-state index in [-0.39, 0.29) is 11.4 Å². The summed E-state index contributed by atoms with van der Waals surface area (Å²) in [5.41, 5.74) is 2.24. The zero-order valence-electron chi connectivity index (χ0n) is 14.7. The van der Waals surface area contributed by atoms with E-state index >= 15 is 0 Å². The molecule has 3 rings (SSSR count). The Morgan fingerprint density at radius 2 is 1.74 bits per heavy atom. The van der Waals surface area contributed by atoms with Gasteiger partial charge in [0, 0.05) is 30.9 Å². The van der Waals surface area contributed by atoms with Crippen LogP contribution in [-0.2, 0) is 6.42 Å². The van der Waals surface area contributed by atoms with E-state index in [1.165, 1.54) is 17.0 Å². The highest BCUT2D eigenvalue weighted by Crippen LogP contribution is 2.19. The zero-order chi connectivity index (χ0) is 19.4. The highest BCUT2D eigenvalue weighted by molar-refractivity contribution is 5.94. The van der Waals surface area contributed by atoms with Crippen molar-refractivity contribution in [2.24, 2.45) is 0 Å². The first-order valence-electron chi connectivity index (χ1n) is 8.45. The molecule has 7 heteroatoms. The first-order chi connectivity index (χ1) is 12.9. The Bertz CT molecular complexity index is 938. The molecule has 27 heavy (non-hydrogen) atoms. The second kappa shape index (κ2) is 8.07. The SMILES string of the molecule is CN(CCCc1cc(-c2ccc(F)cc2)n[nH]1)C(=O)c1ccc(F)cc1F. The average Bonchev–Trinajstić information content (AvgIpc) is 3.10. The van der Waals surface area contributed by atoms with Gasteiger partial charge in [0.2, 0.25) is 0 Å². The van der Waals surface area contributed by atoms with E-state index in [0.717, 1.165) is 23.4 Å². The van der Waals surface area contributed by atoms with E-state index in [1.54, 1.807) is 19.2 Å². The number of aromatic amines is 1. The predicted molar refractivity (Wildman–Crippen MR) is 95.6 cm³/mol. The number of carbonyl (C=O) groups excluding carboxylic acids is 1. The zero-order valence-corrected chi connectivity index (χ0v) is 14.7. The van der Waals surface area contributed by atoms with Gasteiger partial charge in [0.15, 0.2) is 0 Å². The maximum Gasteiger partial charge on any atom is 0.256 e. The van der Waals surface area contributed by atoms with Crippen LogP contribution in [0.4, 0.5) is 13.2 Å². The molecule has 0 bridgehead atoms. The number of rotatable bonds is 6. The minimum atomic E-state index is -0.871. The van der Waals surface area contributed by atoms with Crippen LogP contribution in [0.3, 0.4) is 0 Å². The van der Waals surface area contributed by atoms with Crippen molar-refractivity contribution in [3.63, 3.8) is 0 Å². The molecule has 0 aliphatic carbocycles. The number of H-pyrrole nitrogens is 1. The number of hydrogen-bond acceptors (Lipinski definition) is 2. The van der Waals surface area contributed by atoms with Crippen molar-refractivity contribution < 1.29 is 18.0 Å². The first-order valence-corrected chi connectivity index (χ1v) is 8.45. The van der Waals surface area contributed by atoms with Gasteiger partial charge in [-0.1, -0.05) is 0 Å². The van der Waals surface area contributed by atoms with E-state index in [0.29, 0.717) is 31.1 Å². The molecule has 1 amide bonds. The fourth-order valence-electron chi connectivity index (χ4n) is 2.73. The number of aromatic nitrogens is 2. The molecule has 3 aromatic rings. The van der Waals surface area contributed by atoms with Gasteiger partial charge in [0.25, 0.3) is 5.91 Å². The van der Waals surface area contributed by atoms with E-state index in [2.05, 4.69) is 10.2 Å². The van der Waals surface area contributed by atoms with Gasteiger partial charge in [-0.05, 0) is 55.3 Å². The second-order valence-electron chi connectivity index (χ2n) is 6.24. The Morgan fingerprint density at radius 1 is 1.04 bits per heavy atom. The van der Waals surface area contributed by atoms with Crippen LogP contribution in [0.5, 0.6) is 0 Å². The van der Waals surface area contributed by atoms with Crippen LogP contribution in [-0.4, -0.2) is 34.6 Å². The molecule has 0 saturated carbocycles. The normalized spacial score (nSPS) is 10.8. The Kier molecular flexibility index (Phi) is 5.59. The van der Waals surface area contributed by atoms with Crippen molar-refractivity contribution in [1.82, 2.24) is 15.1 Å². The van der Waals surface area contributed by atoms with E-state index in [1.807, 2.05) is 6.07 Å². The highest BCUT2D eigenvalue weighted by Gasteiger charge is 2.16. The summed E-state index contributed by atoms with van der Waals surface area (Å²) in [5.74, 6) is -2.39. The van der Waals surface area contributed by atoms with Crippen molar-refractivity contribution >= 4 is 5.91 Å². The molecular weight excluding hydrogens is 355 g/mol. The van der Waals surface area contributed by atoms with Crippen LogP contribution in [0.15, 0.2) is 48.5 Å². The van der Waals surface area contributed by atoms with E-state index in [9.17, 15) is 18.0 Å². The summed E-state index contributed by atoms with van der Waals surface area (Å²) in [6, 6.07) is 10.8. The van der Waals surface area contributed by atoms with Gasteiger partial charge in [0.05, 0.1) is 11.3 Å². The van der Waals surface area contributed by atoms with E-state index < -0.39 is 17.5 Å². The molecule has 0 aliphatic rings. The molecule has 0 radical (unpaired) electrons. The molecule has 0 fully saturated rings. The number of aryl methyl sites for hydroxylation is 1. The molecule has 1 heterocycles. The van der Waals surface area contributed by atoms with E-state index in [4.69, 9.17) is 0 Å². The van der Waals surface area contributed by atoms with Crippen LogP contribution in [0, 0.1) is 17.5 Å². The molecule has 0 saturated heterocycles. The van der Waals surface area contributed by atoms with Gasteiger partial charge < -0.3 is 4.90 Å². The lowest BCUT2D eigenvalue weighted by Gasteiger charge is -2.17. The summed E-state index contributed by atoms with van der Waals surface area (Å²) < 4.78 is 39.6. The molecule has 2 aromatic carbocycles. The minimum Gasteiger partial charge on any atom is -0.342 e. The monoisotopic (exact) mass is 373 g/mol.